The van der Waals surface area contributed by atoms with Gasteiger partial charge in [-0.25, -0.2) is 4.79 Å². The highest BCUT2D eigenvalue weighted by Crippen LogP contribution is 2.29. The zero-order chi connectivity index (χ0) is 18.8. The van der Waals surface area contributed by atoms with Crippen LogP contribution in [0.4, 0.5) is 10.5 Å². The summed E-state index contributed by atoms with van der Waals surface area (Å²) in [5.41, 5.74) is 0.675. The monoisotopic (exact) mass is 362 g/mol. The molecule has 1 aliphatic rings. The quantitative estimate of drug-likeness (QED) is 0.633. The van der Waals surface area contributed by atoms with Gasteiger partial charge in [-0.15, -0.1) is 0 Å². The van der Waals surface area contributed by atoms with Crippen molar-refractivity contribution in [1.29, 1.82) is 0 Å². The summed E-state index contributed by atoms with van der Waals surface area (Å²) in [6, 6.07) is 7.55. The number of anilines is 1. The lowest BCUT2D eigenvalue weighted by atomic mass is 9.86. The van der Waals surface area contributed by atoms with Crippen LogP contribution in [0.3, 0.4) is 0 Å². The number of amides is 1. The SMILES string of the molecule is CCCCCOc1ccccc1NC(=O)O[C@H]1CCCC[C@H]1CN(C)C. The summed E-state index contributed by atoms with van der Waals surface area (Å²) in [7, 11) is 4.13. The Labute approximate surface area is 158 Å². The smallest absolute Gasteiger partial charge is 0.412 e. The van der Waals surface area contributed by atoms with E-state index in [9.17, 15) is 4.79 Å². The van der Waals surface area contributed by atoms with Gasteiger partial charge in [-0.3, -0.25) is 5.32 Å². The van der Waals surface area contributed by atoms with Crippen molar-refractivity contribution < 1.29 is 14.3 Å². The van der Waals surface area contributed by atoms with Gasteiger partial charge in [0.15, 0.2) is 0 Å². The molecule has 2 rings (SSSR count). The molecule has 5 nitrogen and oxygen atoms in total. The number of nitrogens with zero attached hydrogens (tertiary/aromatic N) is 1. The van der Waals surface area contributed by atoms with Crippen LogP contribution in [-0.4, -0.2) is 44.3 Å². The van der Waals surface area contributed by atoms with Gasteiger partial charge in [0.1, 0.15) is 11.9 Å². The summed E-state index contributed by atoms with van der Waals surface area (Å²) in [6.07, 6.45) is 7.33. The molecule has 1 fully saturated rings. The van der Waals surface area contributed by atoms with E-state index in [1.807, 2.05) is 24.3 Å². The normalized spacial score (nSPS) is 20.0. The van der Waals surface area contributed by atoms with E-state index in [0.29, 0.717) is 24.0 Å². The van der Waals surface area contributed by atoms with E-state index in [2.05, 4.69) is 31.2 Å². The zero-order valence-corrected chi connectivity index (χ0v) is 16.5. The van der Waals surface area contributed by atoms with Crippen molar-refractivity contribution in [3.05, 3.63) is 24.3 Å². The van der Waals surface area contributed by atoms with Gasteiger partial charge in [-0.1, -0.05) is 38.3 Å². The van der Waals surface area contributed by atoms with Crippen LogP contribution >= 0.6 is 0 Å². The first-order valence-corrected chi connectivity index (χ1v) is 9.94. The lowest BCUT2D eigenvalue weighted by Gasteiger charge is -2.32. The van der Waals surface area contributed by atoms with Crippen molar-refractivity contribution in [3.63, 3.8) is 0 Å². The summed E-state index contributed by atoms with van der Waals surface area (Å²) in [5, 5.41) is 2.87. The van der Waals surface area contributed by atoms with E-state index in [4.69, 9.17) is 9.47 Å². The summed E-state index contributed by atoms with van der Waals surface area (Å²) in [6.45, 7) is 3.78. The molecule has 0 aromatic heterocycles. The Morgan fingerprint density at radius 3 is 2.73 bits per heavy atom. The fourth-order valence-electron chi connectivity index (χ4n) is 3.51. The maximum Gasteiger partial charge on any atom is 0.412 e. The molecule has 1 aromatic rings. The highest BCUT2D eigenvalue weighted by atomic mass is 16.6. The Balaban J connectivity index is 1.90. The molecule has 1 aliphatic carbocycles. The maximum absolute atomic E-state index is 12.4. The van der Waals surface area contributed by atoms with Crippen LogP contribution in [0.15, 0.2) is 24.3 Å². The van der Waals surface area contributed by atoms with Gasteiger partial charge in [0.25, 0.3) is 0 Å². The average Bonchev–Trinajstić information content (AvgIpc) is 2.61. The fraction of sp³-hybridized carbons (Fsp3) is 0.667. The van der Waals surface area contributed by atoms with Gasteiger partial charge in [0.05, 0.1) is 12.3 Å². The third-order valence-electron chi connectivity index (χ3n) is 4.83. The minimum atomic E-state index is -0.384. The number of benzene rings is 1. The van der Waals surface area contributed by atoms with Crippen LogP contribution in [0.5, 0.6) is 5.75 Å². The number of rotatable bonds is 9. The molecular weight excluding hydrogens is 328 g/mol. The largest absolute Gasteiger partial charge is 0.491 e. The molecule has 0 unspecified atom stereocenters. The van der Waals surface area contributed by atoms with Crippen molar-refractivity contribution in [1.82, 2.24) is 4.90 Å². The molecule has 2 atom stereocenters. The second-order valence-electron chi connectivity index (χ2n) is 7.43. The van der Waals surface area contributed by atoms with E-state index >= 15 is 0 Å². The van der Waals surface area contributed by atoms with Gasteiger partial charge in [0, 0.05) is 12.5 Å². The molecule has 146 valence electrons. The Bertz CT molecular complexity index is 548. The minimum Gasteiger partial charge on any atom is -0.491 e. The molecular formula is C21H34N2O3. The zero-order valence-electron chi connectivity index (χ0n) is 16.5. The summed E-state index contributed by atoms with van der Waals surface area (Å²) in [5.74, 6) is 1.11. The lowest BCUT2D eigenvalue weighted by Crippen LogP contribution is -2.37. The number of hydrogen-bond donors (Lipinski definition) is 1. The fourth-order valence-corrected chi connectivity index (χ4v) is 3.51. The first-order valence-electron chi connectivity index (χ1n) is 9.94. The molecule has 26 heavy (non-hydrogen) atoms. The highest BCUT2D eigenvalue weighted by molar-refractivity contribution is 5.86. The Hall–Kier alpha value is -1.75. The number of unbranched alkanes of at least 4 members (excludes halogenated alkanes) is 2. The Morgan fingerprint density at radius 2 is 1.96 bits per heavy atom. The number of para-hydroxylation sites is 2. The third kappa shape index (κ3) is 6.87. The molecule has 0 heterocycles. The van der Waals surface area contributed by atoms with Crippen molar-refractivity contribution in [2.75, 3.05) is 32.6 Å². The van der Waals surface area contributed by atoms with Crippen LogP contribution in [0.1, 0.15) is 51.9 Å². The number of hydrogen-bond acceptors (Lipinski definition) is 4. The van der Waals surface area contributed by atoms with E-state index in [0.717, 1.165) is 45.1 Å². The van der Waals surface area contributed by atoms with Crippen molar-refractivity contribution in [2.24, 2.45) is 5.92 Å². The molecule has 1 saturated carbocycles. The topological polar surface area (TPSA) is 50.8 Å². The molecule has 0 bridgehead atoms. The Kier molecular flexibility index (Phi) is 8.75. The lowest BCUT2D eigenvalue weighted by molar-refractivity contribution is 0.0357. The first kappa shape index (κ1) is 20.6. The van der Waals surface area contributed by atoms with Crippen LogP contribution < -0.4 is 10.1 Å². The molecule has 5 heteroatoms. The summed E-state index contributed by atoms with van der Waals surface area (Å²) in [4.78, 5) is 14.6. The first-order chi connectivity index (χ1) is 12.6. The van der Waals surface area contributed by atoms with Crippen molar-refractivity contribution in [2.45, 2.75) is 58.0 Å². The number of ether oxygens (including phenoxy) is 2. The van der Waals surface area contributed by atoms with Gasteiger partial charge in [0.2, 0.25) is 0 Å². The second-order valence-corrected chi connectivity index (χ2v) is 7.43. The standard InChI is InChI=1S/C21H34N2O3/c1-4-5-10-15-25-20-14-9-7-12-18(20)22-21(24)26-19-13-8-6-11-17(19)16-23(2)3/h7,9,12,14,17,19H,4-6,8,10-11,13,15-16H2,1-3H3,(H,22,24)/t17-,19-/m0/s1. The molecule has 0 saturated heterocycles. The van der Waals surface area contributed by atoms with Gasteiger partial charge < -0.3 is 14.4 Å². The molecule has 1 amide bonds. The predicted molar refractivity (Wildman–Crippen MR) is 106 cm³/mol. The summed E-state index contributed by atoms with van der Waals surface area (Å²) >= 11 is 0. The Morgan fingerprint density at radius 1 is 1.19 bits per heavy atom. The number of carbonyl (C=O) groups excluding carboxylic acids is 1. The maximum atomic E-state index is 12.4. The van der Waals surface area contributed by atoms with Crippen LogP contribution in [-0.2, 0) is 4.74 Å². The third-order valence-corrected chi connectivity index (χ3v) is 4.83. The second kappa shape index (κ2) is 11.1. The predicted octanol–water partition coefficient (Wildman–Crippen LogP) is 4.92. The van der Waals surface area contributed by atoms with E-state index < -0.39 is 0 Å². The summed E-state index contributed by atoms with van der Waals surface area (Å²) < 4.78 is 11.6. The number of nitrogens with one attached hydrogen (secondary N) is 1. The molecule has 0 radical (unpaired) electrons. The average molecular weight is 363 g/mol. The van der Waals surface area contributed by atoms with Crippen molar-refractivity contribution in [3.8, 4) is 5.75 Å². The molecule has 1 N–H and O–H groups in total. The minimum absolute atomic E-state index is 0.0104. The van der Waals surface area contributed by atoms with Crippen LogP contribution in [0.25, 0.3) is 0 Å². The highest BCUT2D eigenvalue weighted by Gasteiger charge is 2.28. The van der Waals surface area contributed by atoms with Gasteiger partial charge in [-0.2, -0.15) is 0 Å². The van der Waals surface area contributed by atoms with Gasteiger partial charge >= 0.3 is 6.09 Å². The van der Waals surface area contributed by atoms with Crippen LogP contribution in [0, 0.1) is 5.92 Å². The molecule has 0 spiro atoms. The van der Waals surface area contributed by atoms with Crippen molar-refractivity contribution >= 4 is 11.8 Å². The van der Waals surface area contributed by atoms with E-state index in [1.54, 1.807) is 0 Å². The number of carbonyl (C=O) groups is 1. The van der Waals surface area contributed by atoms with Crippen LogP contribution in [0.2, 0.25) is 0 Å². The van der Waals surface area contributed by atoms with E-state index in [-0.39, 0.29) is 12.2 Å². The molecule has 0 aliphatic heterocycles. The van der Waals surface area contributed by atoms with Gasteiger partial charge in [-0.05, 0) is 51.9 Å². The van der Waals surface area contributed by atoms with E-state index in [1.165, 1.54) is 6.42 Å². The molecule has 1 aromatic carbocycles.